The molecule has 0 aliphatic rings. The molecule has 0 radical (unpaired) electrons. The van der Waals surface area contributed by atoms with Crippen molar-refractivity contribution in [3.05, 3.63) is 52.3 Å². The van der Waals surface area contributed by atoms with Gasteiger partial charge in [-0.2, -0.15) is 5.10 Å². The topological polar surface area (TPSA) is 34.9 Å². The van der Waals surface area contributed by atoms with Crippen LogP contribution in [0.15, 0.2) is 30.5 Å². The molecular weight excluding hydrogens is 224 g/mol. The van der Waals surface area contributed by atoms with E-state index in [-0.39, 0.29) is 5.78 Å². The molecule has 0 atom stereocenters. The van der Waals surface area contributed by atoms with Gasteiger partial charge >= 0.3 is 0 Å². The molecule has 3 nitrogen and oxygen atoms in total. The summed E-state index contributed by atoms with van der Waals surface area (Å²) in [7, 11) is 1.73. The Morgan fingerprint density at radius 1 is 1.38 bits per heavy atom. The van der Waals surface area contributed by atoms with E-state index in [0.717, 1.165) is 5.56 Å². The highest BCUT2D eigenvalue weighted by atomic mass is 35.5. The molecule has 0 N–H and O–H groups in total. The van der Waals surface area contributed by atoms with Gasteiger partial charge in [0.05, 0.1) is 5.02 Å². The second-order valence-electron chi connectivity index (χ2n) is 3.65. The lowest BCUT2D eigenvalue weighted by atomic mass is 10.1. The van der Waals surface area contributed by atoms with Crippen molar-refractivity contribution >= 4 is 17.4 Å². The van der Waals surface area contributed by atoms with Crippen molar-refractivity contribution in [3.63, 3.8) is 0 Å². The van der Waals surface area contributed by atoms with Crippen molar-refractivity contribution in [3.8, 4) is 0 Å². The largest absolute Gasteiger partial charge is 0.287 e. The maximum Gasteiger partial charge on any atom is 0.212 e. The second-order valence-corrected chi connectivity index (χ2v) is 4.06. The van der Waals surface area contributed by atoms with E-state index in [2.05, 4.69) is 5.10 Å². The monoisotopic (exact) mass is 234 g/mol. The molecular formula is C12H11ClN2O. The molecule has 1 aromatic heterocycles. The Labute approximate surface area is 98.7 Å². The Bertz CT molecular complexity index is 546. The number of hydrogen-bond acceptors (Lipinski definition) is 2. The smallest absolute Gasteiger partial charge is 0.212 e. The summed E-state index contributed by atoms with van der Waals surface area (Å²) in [5, 5.41) is 4.44. The van der Waals surface area contributed by atoms with E-state index in [4.69, 9.17) is 11.6 Å². The highest BCUT2D eigenvalue weighted by Crippen LogP contribution is 2.20. The summed E-state index contributed by atoms with van der Waals surface area (Å²) in [6.45, 7) is 1.93. The molecule has 0 saturated heterocycles. The van der Waals surface area contributed by atoms with E-state index in [1.54, 1.807) is 36.1 Å². The number of carbonyl (C=O) groups is 1. The number of rotatable bonds is 2. The van der Waals surface area contributed by atoms with Crippen LogP contribution in [0.2, 0.25) is 5.02 Å². The zero-order valence-electron chi connectivity index (χ0n) is 9.07. The number of nitrogens with zero attached hydrogens (tertiary/aromatic N) is 2. The summed E-state index contributed by atoms with van der Waals surface area (Å²) in [6, 6.07) is 7.08. The first-order valence-corrected chi connectivity index (χ1v) is 5.26. The molecule has 0 aliphatic carbocycles. The van der Waals surface area contributed by atoms with Gasteiger partial charge in [-0.1, -0.05) is 17.7 Å². The van der Waals surface area contributed by atoms with Gasteiger partial charge in [0.2, 0.25) is 5.78 Å². The van der Waals surface area contributed by atoms with Crippen molar-refractivity contribution < 1.29 is 4.79 Å². The van der Waals surface area contributed by atoms with Crippen molar-refractivity contribution in [2.45, 2.75) is 6.92 Å². The minimum atomic E-state index is -0.106. The van der Waals surface area contributed by atoms with E-state index in [1.165, 1.54) is 0 Å². The Balaban J connectivity index is 2.46. The van der Waals surface area contributed by atoms with Gasteiger partial charge in [-0.05, 0) is 30.7 Å². The van der Waals surface area contributed by atoms with Gasteiger partial charge in [0.25, 0.3) is 0 Å². The fourth-order valence-corrected chi connectivity index (χ4v) is 1.86. The number of hydrogen-bond donors (Lipinski definition) is 0. The number of benzene rings is 1. The summed E-state index contributed by atoms with van der Waals surface area (Å²) >= 11 is 6.04. The lowest BCUT2D eigenvalue weighted by Crippen LogP contribution is -2.08. The van der Waals surface area contributed by atoms with Crippen LogP contribution in [0.25, 0.3) is 0 Å². The van der Waals surface area contributed by atoms with E-state index in [1.807, 2.05) is 13.0 Å². The van der Waals surface area contributed by atoms with Crippen molar-refractivity contribution in [1.29, 1.82) is 0 Å². The predicted octanol–water partition coefficient (Wildman–Crippen LogP) is 2.61. The minimum absolute atomic E-state index is 0.106. The molecule has 0 saturated carbocycles. The van der Waals surface area contributed by atoms with Crippen molar-refractivity contribution in [2.24, 2.45) is 7.05 Å². The van der Waals surface area contributed by atoms with Crippen LogP contribution in [0, 0.1) is 6.92 Å². The Morgan fingerprint density at radius 3 is 2.69 bits per heavy atom. The Hall–Kier alpha value is -1.61. The highest BCUT2D eigenvalue weighted by Gasteiger charge is 2.15. The van der Waals surface area contributed by atoms with Crippen LogP contribution in [-0.2, 0) is 7.05 Å². The first kappa shape index (κ1) is 10.9. The average molecular weight is 235 g/mol. The molecule has 4 heteroatoms. The van der Waals surface area contributed by atoms with Gasteiger partial charge in [-0.3, -0.25) is 9.48 Å². The van der Waals surface area contributed by atoms with Crippen LogP contribution in [0.3, 0.4) is 0 Å². The third kappa shape index (κ3) is 1.86. The fraction of sp³-hybridized carbons (Fsp3) is 0.167. The molecule has 0 fully saturated rings. The number of carbonyl (C=O) groups excluding carboxylic acids is 1. The van der Waals surface area contributed by atoms with Gasteiger partial charge < -0.3 is 0 Å². The van der Waals surface area contributed by atoms with Crippen molar-refractivity contribution in [1.82, 2.24) is 9.78 Å². The third-order valence-corrected chi connectivity index (χ3v) is 2.74. The quantitative estimate of drug-likeness (QED) is 0.749. The standard InChI is InChI=1S/C12H11ClN2O/c1-8-3-4-9(10(13)7-8)12(16)11-5-6-14-15(11)2/h3-7H,1-2H3. The summed E-state index contributed by atoms with van der Waals surface area (Å²) < 4.78 is 1.54. The van der Waals surface area contributed by atoms with Gasteiger partial charge in [0, 0.05) is 18.8 Å². The first-order valence-electron chi connectivity index (χ1n) is 4.88. The van der Waals surface area contributed by atoms with Crippen LogP contribution >= 0.6 is 11.6 Å². The number of ketones is 1. The molecule has 0 bridgehead atoms. The van der Waals surface area contributed by atoms with Gasteiger partial charge in [-0.25, -0.2) is 0 Å². The highest BCUT2D eigenvalue weighted by molar-refractivity contribution is 6.34. The summed E-state index contributed by atoms with van der Waals surface area (Å²) in [5.41, 5.74) is 2.08. The van der Waals surface area contributed by atoms with E-state index in [0.29, 0.717) is 16.3 Å². The maximum absolute atomic E-state index is 12.1. The van der Waals surface area contributed by atoms with Crippen LogP contribution in [0.1, 0.15) is 21.6 Å². The van der Waals surface area contributed by atoms with Crippen LogP contribution in [0.5, 0.6) is 0 Å². The molecule has 0 spiro atoms. The SMILES string of the molecule is Cc1ccc(C(=O)c2ccnn2C)c(Cl)c1. The zero-order valence-corrected chi connectivity index (χ0v) is 9.82. The molecule has 2 aromatic rings. The summed E-state index contributed by atoms with van der Waals surface area (Å²) in [5.74, 6) is -0.106. The number of aryl methyl sites for hydroxylation is 2. The van der Waals surface area contributed by atoms with Gasteiger partial charge in [-0.15, -0.1) is 0 Å². The van der Waals surface area contributed by atoms with E-state index in [9.17, 15) is 4.79 Å². The Kier molecular flexibility index (Phi) is 2.79. The van der Waals surface area contributed by atoms with Crippen LogP contribution in [-0.4, -0.2) is 15.6 Å². The molecule has 82 valence electrons. The van der Waals surface area contributed by atoms with Gasteiger partial charge in [0.1, 0.15) is 5.69 Å². The molecule has 2 rings (SSSR count). The van der Waals surface area contributed by atoms with E-state index < -0.39 is 0 Å². The summed E-state index contributed by atoms with van der Waals surface area (Å²) in [6.07, 6.45) is 1.59. The maximum atomic E-state index is 12.1. The Morgan fingerprint density at radius 2 is 2.12 bits per heavy atom. The number of aromatic nitrogens is 2. The number of halogens is 1. The second kappa shape index (κ2) is 4.10. The molecule has 1 aromatic carbocycles. The summed E-state index contributed by atoms with van der Waals surface area (Å²) in [4.78, 5) is 12.1. The molecule has 0 aliphatic heterocycles. The minimum Gasteiger partial charge on any atom is -0.287 e. The third-order valence-electron chi connectivity index (χ3n) is 2.42. The average Bonchev–Trinajstić information content (AvgIpc) is 2.63. The van der Waals surface area contributed by atoms with Crippen LogP contribution in [0.4, 0.5) is 0 Å². The molecule has 0 unspecified atom stereocenters. The lowest BCUT2D eigenvalue weighted by Gasteiger charge is -2.04. The predicted molar refractivity (Wildman–Crippen MR) is 62.8 cm³/mol. The van der Waals surface area contributed by atoms with Gasteiger partial charge in [0.15, 0.2) is 0 Å². The zero-order chi connectivity index (χ0) is 11.7. The lowest BCUT2D eigenvalue weighted by molar-refractivity contribution is 0.103. The first-order chi connectivity index (χ1) is 7.59. The fourth-order valence-electron chi connectivity index (χ4n) is 1.54. The molecule has 16 heavy (non-hydrogen) atoms. The normalized spacial score (nSPS) is 10.4. The molecule has 0 amide bonds. The van der Waals surface area contributed by atoms with Crippen LogP contribution < -0.4 is 0 Å². The van der Waals surface area contributed by atoms with Crippen molar-refractivity contribution in [2.75, 3.05) is 0 Å². The van der Waals surface area contributed by atoms with E-state index >= 15 is 0 Å². The molecule has 1 heterocycles.